The number of anilines is 3. The number of halogens is 3. The third-order valence-corrected chi connectivity index (χ3v) is 5.02. The summed E-state index contributed by atoms with van der Waals surface area (Å²) in [5.74, 6) is -1.12. The van der Waals surface area contributed by atoms with Crippen LogP contribution in [0.2, 0.25) is 0 Å². The predicted octanol–water partition coefficient (Wildman–Crippen LogP) is 5.41. The first-order valence-corrected chi connectivity index (χ1v) is 10.1. The minimum atomic E-state index is -4.57. The zero-order valence-electron chi connectivity index (χ0n) is 16.9. The molecule has 0 bridgehead atoms. The smallest absolute Gasteiger partial charge is 0.322 e. The quantitative estimate of drug-likeness (QED) is 0.291. The van der Waals surface area contributed by atoms with E-state index < -0.39 is 28.5 Å². The van der Waals surface area contributed by atoms with E-state index in [1.54, 1.807) is 0 Å². The van der Waals surface area contributed by atoms with E-state index in [1.807, 2.05) is 0 Å². The highest BCUT2D eigenvalue weighted by molar-refractivity contribution is 7.14. The largest absolute Gasteiger partial charge is 0.416 e. The van der Waals surface area contributed by atoms with Crippen molar-refractivity contribution in [1.82, 2.24) is 4.98 Å². The highest BCUT2D eigenvalue weighted by Gasteiger charge is 2.31. The number of rotatable bonds is 6. The number of aromatic nitrogens is 1. The van der Waals surface area contributed by atoms with Crippen molar-refractivity contribution in [3.05, 3.63) is 81.4 Å². The van der Waals surface area contributed by atoms with Gasteiger partial charge in [-0.1, -0.05) is 12.1 Å². The van der Waals surface area contributed by atoms with Gasteiger partial charge in [0.05, 0.1) is 21.9 Å². The van der Waals surface area contributed by atoms with Crippen LogP contribution in [0.15, 0.2) is 60.0 Å². The van der Waals surface area contributed by atoms with Crippen molar-refractivity contribution in [1.29, 1.82) is 0 Å². The molecule has 0 radical (unpaired) electrons. The first kappa shape index (κ1) is 23.6. The maximum Gasteiger partial charge on any atom is 0.416 e. The van der Waals surface area contributed by atoms with E-state index in [1.165, 1.54) is 54.8 Å². The summed E-state index contributed by atoms with van der Waals surface area (Å²) < 4.78 is 39.1. The molecule has 3 aromatic rings. The molecule has 170 valence electrons. The van der Waals surface area contributed by atoms with Crippen LogP contribution in [0.1, 0.15) is 18.2 Å². The summed E-state index contributed by atoms with van der Waals surface area (Å²) in [5, 5.41) is 14.9. The molecular weight excluding hydrogens is 461 g/mol. The third kappa shape index (κ3) is 6.01. The number of carbonyl (C=O) groups excluding carboxylic acids is 2. The number of carbonyl (C=O) groups is 2. The summed E-state index contributed by atoms with van der Waals surface area (Å²) in [6.07, 6.45) is -2.08. The van der Waals surface area contributed by atoms with Crippen molar-refractivity contribution < 1.29 is 27.7 Å². The molecular formula is C21H15F3N4O4S. The van der Waals surface area contributed by atoms with Crippen LogP contribution in [-0.4, -0.2) is 21.7 Å². The Morgan fingerprint density at radius 2 is 1.91 bits per heavy atom. The molecule has 0 saturated heterocycles. The summed E-state index contributed by atoms with van der Waals surface area (Å²) >= 11 is 1.01. The van der Waals surface area contributed by atoms with E-state index in [4.69, 9.17) is 0 Å². The van der Waals surface area contributed by atoms with Crippen molar-refractivity contribution in [2.24, 2.45) is 0 Å². The lowest BCUT2D eigenvalue weighted by atomic mass is 10.2. The van der Waals surface area contributed by atoms with Gasteiger partial charge >= 0.3 is 6.18 Å². The normalized spacial score (nSPS) is 11.4. The van der Waals surface area contributed by atoms with Gasteiger partial charge in [0.25, 0.3) is 5.69 Å². The molecule has 3 rings (SSSR count). The average molecular weight is 476 g/mol. The zero-order valence-corrected chi connectivity index (χ0v) is 17.7. The topological polar surface area (TPSA) is 105 Å². The minimum Gasteiger partial charge on any atom is -0.322 e. The maximum atomic E-state index is 13.0. The number of hydrogen-bond donors (Lipinski definition) is 1. The lowest BCUT2D eigenvalue weighted by molar-refractivity contribution is -0.384. The lowest BCUT2D eigenvalue weighted by Gasteiger charge is -2.19. The standard InChI is InChI=1S/C21H15F3N4O4S/c1-13(29)27(17-6-2-4-14(10-17)21(22,23)24)20-26-16(12-33-20)8-9-19(30)25-15-5-3-7-18(11-15)28(31)32/h2-12H,1H3,(H,25,30)/b9-8+. The molecule has 1 heterocycles. The summed E-state index contributed by atoms with van der Waals surface area (Å²) in [6.45, 7) is 1.20. The molecule has 0 spiro atoms. The summed E-state index contributed by atoms with van der Waals surface area (Å²) in [4.78, 5) is 39.7. The van der Waals surface area contributed by atoms with Crippen LogP contribution in [0.3, 0.4) is 0 Å². The monoisotopic (exact) mass is 476 g/mol. The Labute approximate surface area is 189 Å². The van der Waals surface area contributed by atoms with Crippen LogP contribution in [0.25, 0.3) is 6.08 Å². The number of benzene rings is 2. The second kappa shape index (κ2) is 9.61. The van der Waals surface area contributed by atoms with Gasteiger partial charge in [-0.15, -0.1) is 11.3 Å². The SMILES string of the molecule is CC(=O)N(c1cccc(C(F)(F)F)c1)c1nc(/C=C/C(=O)Nc2cccc([N+](=O)[O-])c2)cs1. The Morgan fingerprint density at radius 1 is 1.18 bits per heavy atom. The molecule has 0 aliphatic carbocycles. The molecule has 1 aromatic heterocycles. The molecule has 2 aromatic carbocycles. The summed E-state index contributed by atoms with van der Waals surface area (Å²) in [7, 11) is 0. The van der Waals surface area contributed by atoms with Gasteiger partial charge in [0.2, 0.25) is 11.8 Å². The number of amides is 2. The average Bonchev–Trinajstić information content (AvgIpc) is 3.20. The molecule has 0 atom stereocenters. The van der Waals surface area contributed by atoms with Crippen molar-refractivity contribution in [3.63, 3.8) is 0 Å². The minimum absolute atomic E-state index is 0.00520. The Kier molecular flexibility index (Phi) is 6.87. The summed E-state index contributed by atoms with van der Waals surface area (Å²) in [6, 6.07) is 9.71. The predicted molar refractivity (Wildman–Crippen MR) is 117 cm³/mol. The van der Waals surface area contributed by atoms with Crippen LogP contribution < -0.4 is 10.2 Å². The molecule has 8 nitrogen and oxygen atoms in total. The van der Waals surface area contributed by atoms with Crippen molar-refractivity contribution >= 4 is 51.4 Å². The van der Waals surface area contributed by atoms with Gasteiger partial charge in [-0.05, 0) is 30.3 Å². The van der Waals surface area contributed by atoms with E-state index in [0.717, 1.165) is 34.4 Å². The maximum absolute atomic E-state index is 13.0. The molecule has 0 fully saturated rings. The molecule has 0 aliphatic heterocycles. The highest BCUT2D eigenvalue weighted by Crippen LogP contribution is 2.35. The molecule has 0 saturated carbocycles. The first-order chi connectivity index (χ1) is 15.5. The fourth-order valence-electron chi connectivity index (χ4n) is 2.75. The molecule has 2 amide bonds. The molecule has 12 heteroatoms. The number of thiazole rings is 1. The van der Waals surface area contributed by atoms with Crippen molar-refractivity contribution in [2.75, 3.05) is 10.2 Å². The fourth-order valence-corrected chi connectivity index (χ4v) is 3.60. The Hall–Kier alpha value is -4.06. The second-order valence-electron chi connectivity index (χ2n) is 6.59. The van der Waals surface area contributed by atoms with Crippen LogP contribution >= 0.6 is 11.3 Å². The van der Waals surface area contributed by atoms with Gasteiger partial charge in [-0.25, -0.2) is 4.98 Å². The Bertz CT molecular complexity index is 1240. The molecule has 33 heavy (non-hydrogen) atoms. The number of nitrogens with zero attached hydrogens (tertiary/aromatic N) is 3. The van der Waals surface area contributed by atoms with Crippen molar-refractivity contribution in [2.45, 2.75) is 13.1 Å². The number of hydrogen-bond acceptors (Lipinski definition) is 6. The van der Waals surface area contributed by atoms with Gasteiger partial charge in [0, 0.05) is 36.2 Å². The van der Waals surface area contributed by atoms with E-state index in [-0.39, 0.29) is 22.2 Å². The number of non-ortho nitro benzene ring substituents is 1. The van der Waals surface area contributed by atoms with Crippen LogP contribution in [0.5, 0.6) is 0 Å². The van der Waals surface area contributed by atoms with Gasteiger partial charge < -0.3 is 5.32 Å². The van der Waals surface area contributed by atoms with E-state index >= 15 is 0 Å². The number of nitro groups is 1. The zero-order chi connectivity index (χ0) is 24.2. The Balaban J connectivity index is 1.77. The van der Waals surface area contributed by atoms with Gasteiger partial charge in [0.15, 0.2) is 5.13 Å². The van der Waals surface area contributed by atoms with Crippen LogP contribution in [0.4, 0.5) is 35.4 Å². The van der Waals surface area contributed by atoms with Crippen molar-refractivity contribution in [3.8, 4) is 0 Å². The third-order valence-electron chi connectivity index (χ3n) is 4.18. The van der Waals surface area contributed by atoms with E-state index in [9.17, 15) is 32.9 Å². The number of alkyl halides is 3. The van der Waals surface area contributed by atoms with E-state index in [2.05, 4.69) is 10.3 Å². The molecule has 0 unspecified atom stereocenters. The van der Waals surface area contributed by atoms with E-state index in [0.29, 0.717) is 5.69 Å². The molecule has 0 aliphatic rings. The van der Waals surface area contributed by atoms with Gasteiger partial charge in [-0.2, -0.15) is 13.2 Å². The highest BCUT2D eigenvalue weighted by atomic mass is 32.1. The number of nitro benzene ring substituents is 1. The van der Waals surface area contributed by atoms with Gasteiger partial charge in [0.1, 0.15) is 0 Å². The summed E-state index contributed by atoms with van der Waals surface area (Å²) in [5.41, 5.74) is -0.557. The van der Waals surface area contributed by atoms with Gasteiger partial charge in [-0.3, -0.25) is 24.6 Å². The lowest BCUT2D eigenvalue weighted by Crippen LogP contribution is -2.23. The van der Waals surface area contributed by atoms with Crippen LogP contribution in [-0.2, 0) is 15.8 Å². The number of nitrogens with one attached hydrogen (secondary N) is 1. The Morgan fingerprint density at radius 3 is 2.58 bits per heavy atom. The fraction of sp³-hybridized carbons (Fsp3) is 0.0952. The first-order valence-electron chi connectivity index (χ1n) is 9.21. The second-order valence-corrected chi connectivity index (χ2v) is 7.42. The van der Waals surface area contributed by atoms with Crippen LogP contribution in [0, 0.1) is 10.1 Å². The molecule has 1 N–H and O–H groups in total.